The number of hydrogen-bond acceptors (Lipinski definition) is 6. The fraction of sp³-hybridized carbons (Fsp3) is 0.360. The van der Waals surface area contributed by atoms with Crippen LogP contribution in [0.1, 0.15) is 29.8 Å². The highest BCUT2D eigenvalue weighted by Crippen LogP contribution is 2.28. The normalized spacial score (nSPS) is 14.3. The van der Waals surface area contributed by atoms with E-state index in [4.69, 9.17) is 4.74 Å². The molecule has 3 aromatic rings. The fourth-order valence-corrected chi connectivity index (χ4v) is 5.64. The minimum absolute atomic E-state index is 0.0983. The van der Waals surface area contributed by atoms with E-state index in [2.05, 4.69) is 10.4 Å². The van der Waals surface area contributed by atoms with E-state index in [-0.39, 0.29) is 4.90 Å². The number of ether oxygens (including phenoxy) is 1. The number of carbonyl (C=O) groups is 1. The van der Waals surface area contributed by atoms with Crippen LogP contribution in [0.3, 0.4) is 0 Å². The van der Waals surface area contributed by atoms with Crippen molar-refractivity contribution in [1.82, 2.24) is 14.1 Å². The first-order valence-electron chi connectivity index (χ1n) is 11.8. The average Bonchev–Trinajstić information content (AvgIpc) is 3.31. The number of nitrogens with one attached hydrogen (secondary N) is 1. The van der Waals surface area contributed by atoms with Crippen LogP contribution in [0.4, 0.5) is 11.5 Å². The minimum Gasteiger partial charge on any atom is -0.378 e. The van der Waals surface area contributed by atoms with E-state index in [1.54, 1.807) is 42.9 Å². The Kier molecular flexibility index (Phi) is 7.84. The number of aromatic nitrogens is 2. The number of rotatable bonds is 9. The van der Waals surface area contributed by atoms with Crippen molar-refractivity contribution in [3.8, 4) is 0 Å². The summed E-state index contributed by atoms with van der Waals surface area (Å²) in [5.41, 5.74) is 2.03. The number of sulfonamides is 1. The van der Waals surface area contributed by atoms with Gasteiger partial charge in [-0.1, -0.05) is 44.2 Å². The summed E-state index contributed by atoms with van der Waals surface area (Å²) in [6, 6.07) is 16.3. The lowest BCUT2D eigenvalue weighted by atomic mass is 10.1. The zero-order valence-electron chi connectivity index (χ0n) is 20.1. The van der Waals surface area contributed by atoms with E-state index in [9.17, 15) is 13.2 Å². The number of hydrogen-bond donors (Lipinski definition) is 1. The van der Waals surface area contributed by atoms with Gasteiger partial charge in [-0.15, -0.1) is 0 Å². The molecule has 0 saturated carbocycles. The van der Waals surface area contributed by atoms with Crippen molar-refractivity contribution in [3.05, 3.63) is 71.9 Å². The van der Waals surface area contributed by atoms with Crippen molar-refractivity contribution < 1.29 is 17.9 Å². The van der Waals surface area contributed by atoms with Gasteiger partial charge in [-0.25, -0.2) is 13.1 Å². The van der Waals surface area contributed by atoms with Gasteiger partial charge in [-0.3, -0.25) is 4.79 Å². The second kappa shape index (κ2) is 11.0. The van der Waals surface area contributed by atoms with Gasteiger partial charge in [-0.05, 0) is 23.8 Å². The minimum atomic E-state index is -3.72. The van der Waals surface area contributed by atoms with Gasteiger partial charge in [0.25, 0.3) is 5.91 Å². The molecule has 1 fully saturated rings. The Morgan fingerprint density at radius 1 is 1.06 bits per heavy atom. The molecule has 9 nitrogen and oxygen atoms in total. The van der Waals surface area contributed by atoms with Gasteiger partial charge in [0.15, 0.2) is 0 Å². The second-order valence-corrected chi connectivity index (χ2v) is 10.1. The molecule has 0 radical (unpaired) electrons. The second-order valence-electron chi connectivity index (χ2n) is 8.18. The lowest BCUT2D eigenvalue weighted by molar-refractivity contribution is 0.102. The summed E-state index contributed by atoms with van der Waals surface area (Å²) in [6.45, 7) is 7.12. The molecule has 1 aliphatic rings. The van der Waals surface area contributed by atoms with Crippen molar-refractivity contribution in [2.45, 2.75) is 25.3 Å². The van der Waals surface area contributed by atoms with E-state index in [1.807, 2.05) is 35.2 Å². The number of benzene rings is 2. The van der Waals surface area contributed by atoms with Gasteiger partial charge in [0.1, 0.15) is 5.82 Å². The van der Waals surface area contributed by atoms with Crippen LogP contribution >= 0.6 is 0 Å². The molecule has 0 atom stereocenters. The zero-order chi connectivity index (χ0) is 24.8. The molecule has 0 bridgehead atoms. The van der Waals surface area contributed by atoms with Crippen LogP contribution in [-0.4, -0.2) is 67.8 Å². The Morgan fingerprint density at radius 3 is 2.46 bits per heavy atom. The summed E-state index contributed by atoms with van der Waals surface area (Å²) < 4.78 is 34.9. The third-order valence-electron chi connectivity index (χ3n) is 6.04. The SMILES string of the molecule is CCN(CC)S(=O)(=O)c1ccc(N2CCOCC2)c(C(=O)Nc2ccnn2Cc2ccccc2)c1. The van der Waals surface area contributed by atoms with Gasteiger partial charge in [-0.2, -0.15) is 9.40 Å². The lowest BCUT2D eigenvalue weighted by Gasteiger charge is -2.30. The highest BCUT2D eigenvalue weighted by Gasteiger charge is 2.26. The maximum atomic E-state index is 13.5. The standard InChI is InChI=1S/C25H31N5O4S/c1-3-29(4-2)35(32,33)21-10-11-23(28-14-16-34-17-15-28)22(18-21)25(31)27-24-12-13-26-30(24)19-20-8-6-5-7-9-20/h5-13,18H,3-4,14-17,19H2,1-2H3,(H,27,31). The summed E-state index contributed by atoms with van der Waals surface area (Å²) in [6.07, 6.45) is 1.63. The fourth-order valence-electron chi connectivity index (χ4n) is 4.15. The molecule has 2 heterocycles. The van der Waals surface area contributed by atoms with Crippen molar-refractivity contribution in [1.29, 1.82) is 0 Å². The summed E-state index contributed by atoms with van der Waals surface area (Å²) in [5.74, 6) is 0.140. The van der Waals surface area contributed by atoms with Crippen LogP contribution in [-0.2, 0) is 21.3 Å². The van der Waals surface area contributed by atoms with Crippen LogP contribution in [0.25, 0.3) is 0 Å². The van der Waals surface area contributed by atoms with Gasteiger partial charge < -0.3 is 15.0 Å². The number of nitrogens with zero attached hydrogens (tertiary/aromatic N) is 4. The smallest absolute Gasteiger partial charge is 0.258 e. The molecule has 35 heavy (non-hydrogen) atoms. The predicted octanol–water partition coefficient (Wildman–Crippen LogP) is 3.05. The summed E-state index contributed by atoms with van der Waals surface area (Å²) in [5, 5.41) is 7.28. The zero-order valence-corrected chi connectivity index (χ0v) is 20.9. The third kappa shape index (κ3) is 5.55. The van der Waals surface area contributed by atoms with E-state index in [0.29, 0.717) is 63.0 Å². The Balaban J connectivity index is 1.67. The van der Waals surface area contributed by atoms with Crippen molar-refractivity contribution in [2.24, 2.45) is 0 Å². The first-order chi connectivity index (χ1) is 16.9. The molecular weight excluding hydrogens is 466 g/mol. The number of carbonyl (C=O) groups excluding carboxylic acids is 1. The van der Waals surface area contributed by atoms with Crippen LogP contribution in [0.2, 0.25) is 0 Å². The maximum Gasteiger partial charge on any atom is 0.258 e. The first-order valence-corrected chi connectivity index (χ1v) is 13.2. The van der Waals surface area contributed by atoms with Gasteiger partial charge in [0.05, 0.1) is 36.4 Å². The Morgan fingerprint density at radius 2 is 1.77 bits per heavy atom. The van der Waals surface area contributed by atoms with Gasteiger partial charge >= 0.3 is 0 Å². The molecular formula is C25H31N5O4S. The monoisotopic (exact) mass is 497 g/mol. The Bertz CT molecular complexity index is 1250. The Labute approximate surface area is 206 Å². The summed E-state index contributed by atoms with van der Waals surface area (Å²) >= 11 is 0. The van der Waals surface area contributed by atoms with Gasteiger partial charge in [0.2, 0.25) is 10.0 Å². The van der Waals surface area contributed by atoms with Gasteiger partial charge in [0, 0.05) is 37.9 Å². The number of amides is 1. The van der Waals surface area contributed by atoms with E-state index >= 15 is 0 Å². The van der Waals surface area contributed by atoms with E-state index in [0.717, 1.165) is 5.56 Å². The van der Waals surface area contributed by atoms with Crippen LogP contribution < -0.4 is 10.2 Å². The molecule has 1 saturated heterocycles. The first kappa shape index (κ1) is 24.9. The maximum absolute atomic E-state index is 13.5. The van der Waals surface area contributed by atoms with E-state index < -0.39 is 15.9 Å². The predicted molar refractivity (Wildman–Crippen MR) is 135 cm³/mol. The topological polar surface area (TPSA) is 96.8 Å². The third-order valence-corrected chi connectivity index (χ3v) is 8.09. The molecule has 10 heteroatoms. The highest BCUT2D eigenvalue weighted by atomic mass is 32.2. The number of anilines is 2. The Hall–Kier alpha value is -3.21. The molecule has 1 amide bonds. The van der Waals surface area contributed by atoms with Crippen LogP contribution in [0, 0.1) is 0 Å². The summed E-state index contributed by atoms with van der Waals surface area (Å²) in [4.78, 5) is 15.7. The van der Waals surface area contributed by atoms with E-state index in [1.165, 1.54) is 10.4 Å². The average molecular weight is 498 g/mol. The molecule has 1 aliphatic heterocycles. The largest absolute Gasteiger partial charge is 0.378 e. The van der Waals surface area contributed by atoms with Crippen LogP contribution in [0.5, 0.6) is 0 Å². The molecule has 186 valence electrons. The highest BCUT2D eigenvalue weighted by molar-refractivity contribution is 7.89. The molecule has 1 aromatic heterocycles. The molecule has 0 unspecified atom stereocenters. The van der Waals surface area contributed by atoms with Crippen molar-refractivity contribution in [2.75, 3.05) is 49.6 Å². The summed E-state index contributed by atoms with van der Waals surface area (Å²) in [7, 11) is -3.72. The molecule has 0 aliphatic carbocycles. The quantitative estimate of drug-likeness (QED) is 0.488. The van der Waals surface area contributed by atoms with Crippen molar-refractivity contribution >= 4 is 27.4 Å². The van der Waals surface area contributed by atoms with Crippen LogP contribution in [0.15, 0.2) is 65.7 Å². The lowest BCUT2D eigenvalue weighted by Crippen LogP contribution is -2.37. The molecule has 1 N–H and O–H groups in total. The molecule has 4 rings (SSSR count). The molecule has 0 spiro atoms. The molecule has 2 aromatic carbocycles. The number of morpholine rings is 1. The van der Waals surface area contributed by atoms with Crippen molar-refractivity contribution in [3.63, 3.8) is 0 Å².